The van der Waals surface area contributed by atoms with E-state index in [2.05, 4.69) is 0 Å². The zero-order chi connectivity index (χ0) is 15.5. The molecule has 0 spiro atoms. The fourth-order valence-electron chi connectivity index (χ4n) is 2.53. The van der Waals surface area contributed by atoms with Crippen LogP contribution in [-0.2, 0) is 21.5 Å². The maximum Gasteiger partial charge on any atom is 0.322 e. The van der Waals surface area contributed by atoms with E-state index in [1.165, 1.54) is 11.4 Å². The lowest BCUT2D eigenvalue weighted by Crippen LogP contribution is -2.52. The molecule has 0 radical (unpaired) electrons. The average molecular weight is 312 g/mol. The van der Waals surface area contributed by atoms with Crippen LogP contribution in [0.5, 0.6) is 0 Å². The minimum atomic E-state index is -3.77. The van der Waals surface area contributed by atoms with Crippen LogP contribution in [0, 0.1) is 0 Å². The number of nitrogens with zero attached hydrogens (tertiary/aromatic N) is 2. The minimum absolute atomic E-state index is 0.228. The summed E-state index contributed by atoms with van der Waals surface area (Å²) in [5.41, 5.74) is 0.868. The van der Waals surface area contributed by atoms with Crippen molar-refractivity contribution in [2.45, 2.75) is 31.8 Å². The molecule has 116 valence electrons. The maximum atomic E-state index is 12.6. The first-order chi connectivity index (χ1) is 9.93. The van der Waals surface area contributed by atoms with E-state index in [4.69, 9.17) is 0 Å². The van der Waals surface area contributed by atoms with E-state index >= 15 is 0 Å². The van der Waals surface area contributed by atoms with E-state index in [-0.39, 0.29) is 13.1 Å². The number of aliphatic carboxylic acids is 1. The van der Waals surface area contributed by atoms with Gasteiger partial charge in [-0.15, -0.1) is 0 Å². The average Bonchev–Trinajstić information content (AvgIpc) is 2.48. The third-order valence-corrected chi connectivity index (χ3v) is 5.62. The van der Waals surface area contributed by atoms with Gasteiger partial charge in [0.2, 0.25) is 0 Å². The molecule has 0 bridgehead atoms. The molecule has 6 nitrogen and oxygen atoms in total. The van der Waals surface area contributed by atoms with Gasteiger partial charge in [0.05, 0.1) is 0 Å². The predicted molar refractivity (Wildman–Crippen MR) is 78.8 cm³/mol. The normalized spacial score (nSPS) is 20.6. The Morgan fingerprint density at radius 1 is 1.33 bits per heavy atom. The zero-order valence-corrected chi connectivity index (χ0v) is 12.8. The summed E-state index contributed by atoms with van der Waals surface area (Å²) in [7, 11) is -2.29. The van der Waals surface area contributed by atoms with Crippen molar-refractivity contribution in [3.8, 4) is 0 Å². The molecule has 1 aromatic carbocycles. The first-order valence-corrected chi connectivity index (χ1v) is 8.32. The molecule has 2 rings (SSSR count). The van der Waals surface area contributed by atoms with Gasteiger partial charge in [-0.1, -0.05) is 30.3 Å². The number of piperidine rings is 1. The summed E-state index contributed by atoms with van der Waals surface area (Å²) in [6.07, 6.45) is 1.81. The van der Waals surface area contributed by atoms with Crippen molar-refractivity contribution >= 4 is 16.2 Å². The van der Waals surface area contributed by atoms with E-state index in [0.717, 1.165) is 16.3 Å². The van der Waals surface area contributed by atoms with Crippen molar-refractivity contribution in [1.82, 2.24) is 8.61 Å². The summed E-state index contributed by atoms with van der Waals surface area (Å²) >= 11 is 0. The lowest BCUT2D eigenvalue weighted by atomic mass is 10.1. The number of rotatable bonds is 5. The molecular formula is C14H20N2O4S. The van der Waals surface area contributed by atoms with Crippen LogP contribution >= 0.6 is 0 Å². The van der Waals surface area contributed by atoms with Crippen LogP contribution in [0.4, 0.5) is 0 Å². The first kappa shape index (κ1) is 15.9. The lowest BCUT2D eigenvalue weighted by Gasteiger charge is -2.34. The number of hydrogen-bond acceptors (Lipinski definition) is 3. The van der Waals surface area contributed by atoms with Gasteiger partial charge in [0.15, 0.2) is 0 Å². The number of carboxylic acids is 1. The van der Waals surface area contributed by atoms with Gasteiger partial charge in [0.1, 0.15) is 6.04 Å². The van der Waals surface area contributed by atoms with Crippen molar-refractivity contribution in [2.75, 3.05) is 13.6 Å². The molecule has 1 fully saturated rings. The van der Waals surface area contributed by atoms with Crippen LogP contribution in [0.15, 0.2) is 30.3 Å². The predicted octanol–water partition coefficient (Wildman–Crippen LogP) is 1.30. The Morgan fingerprint density at radius 3 is 2.62 bits per heavy atom. The second kappa shape index (κ2) is 6.55. The van der Waals surface area contributed by atoms with Gasteiger partial charge in [0.25, 0.3) is 10.2 Å². The van der Waals surface area contributed by atoms with Gasteiger partial charge in [-0.25, -0.2) is 0 Å². The fraction of sp³-hybridized carbons (Fsp3) is 0.500. The zero-order valence-electron chi connectivity index (χ0n) is 12.0. The summed E-state index contributed by atoms with van der Waals surface area (Å²) in [5, 5.41) is 9.22. The fourth-order valence-corrected chi connectivity index (χ4v) is 4.08. The van der Waals surface area contributed by atoms with Crippen LogP contribution in [0.3, 0.4) is 0 Å². The summed E-state index contributed by atoms with van der Waals surface area (Å²) in [6.45, 7) is 0.491. The Bertz CT molecular complexity index is 588. The molecule has 0 amide bonds. The SMILES string of the molecule is CN(Cc1ccccc1)S(=O)(=O)N1CCCC[C@H]1C(=O)O. The van der Waals surface area contributed by atoms with Gasteiger partial charge in [0, 0.05) is 20.1 Å². The van der Waals surface area contributed by atoms with Crippen LogP contribution in [0.1, 0.15) is 24.8 Å². The molecule has 1 heterocycles. The van der Waals surface area contributed by atoms with Gasteiger partial charge in [-0.05, 0) is 24.8 Å². The first-order valence-electron chi connectivity index (χ1n) is 6.93. The Labute approximate surface area is 125 Å². The van der Waals surface area contributed by atoms with Crippen molar-refractivity contribution < 1.29 is 18.3 Å². The molecule has 1 aliphatic heterocycles. The van der Waals surface area contributed by atoms with Gasteiger partial charge in [-0.2, -0.15) is 17.0 Å². The molecule has 1 saturated heterocycles. The second-order valence-electron chi connectivity index (χ2n) is 5.21. The molecule has 1 atom stereocenters. The van der Waals surface area contributed by atoms with Crippen molar-refractivity contribution in [2.24, 2.45) is 0 Å². The standard InChI is InChI=1S/C14H20N2O4S/c1-15(11-12-7-3-2-4-8-12)21(19,20)16-10-6-5-9-13(16)14(17)18/h2-4,7-8,13H,5-6,9-11H2,1H3,(H,17,18)/t13-/m0/s1. The lowest BCUT2D eigenvalue weighted by molar-refractivity contribution is -0.142. The Kier molecular flexibility index (Phi) is 4.97. The second-order valence-corrected chi connectivity index (χ2v) is 7.20. The van der Waals surface area contributed by atoms with E-state index in [9.17, 15) is 18.3 Å². The van der Waals surface area contributed by atoms with E-state index < -0.39 is 22.2 Å². The van der Waals surface area contributed by atoms with Crippen LogP contribution in [0.25, 0.3) is 0 Å². The molecule has 1 aromatic rings. The quantitative estimate of drug-likeness (QED) is 0.889. The summed E-state index contributed by atoms with van der Waals surface area (Å²) in [5.74, 6) is -1.08. The molecule has 0 aromatic heterocycles. The van der Waals surface area contributed by atoms with Crippen molar-refractivity contribution in [1.29, 1.82) is 0 Å². The van der Waals surface area contributed by atoms with Gasteiger partial charge < -0.3 is 5.11 Å². The summed E-state index contributed by atoms with van der Waals surface area (Å²) in [6, 6.07) is 8.28. The highest BCUT2D eigenvalue weighted by Crippen LogP contribution is 2.23. The third kappa shape index (κ3) is 3.61. The minimum Gasteiger partial charge on any atom is -0.480 e. The monoisotopic (exact) mass is 312 g/mol. The van der Waals surface area contributed by atoms with E-state index in [1.54, 1.807) is 0 Å². The highest BCUT2D eigenvalue weighted by Gasteiger charge is 2.38. The number of benzene rings is 1. The van der Waals surface area contributed by atoms with E-state index in [0.29, 0.717) is 12.8 Å². The highest BCUT2D eigenvalue weighted by atomic mass is 32.2. The highest BCUT2D eigenvalue weighted by molar-refractivity contribution is 7.86. The van der Waals surface area contributed by atoms with Crippen LogP contribution in [0.2, 0.25) is 0 Å². The number of carbonyl (C=O) groups is 1. The molecule has 0 aliphatic carbocycles. The van der Waals surface area contributed by atoms with Gasteiger partial charge >= 0.3 is 5.97 Å². The Balaban J connectivity index is 2.17. The topological polar surface area (TPSA) is 77.9 Å². The van der Waals surface area contributed by atoms with Gasteiger partial charge in [-0.3, -0.25) is 4.79 Å². The third-order valence-electron chi connectivity index (χ3n) is 3.68. The maximum absolute atomic E-state index is 12.6. The molecule has 7 heteroatoms. The number of carboxylic acid groups (broad SMARTS) is 1. The molecular weight excluding hydrogens is 292 g/mol. The molecule has 1 aliphatic rings. The molecule has 0 saturated carbocycles. The van der Waals surface area contributed by atoms with Crippen molar-refractivity contribution in [3.05, 3.63) is 35.9 Å². The van der Waals surface area contributed by atoms with E-state index in [1.807, 2.05) is 30.3 Å². The largest absolute Gasteiger partial charge is 0.480 e. The molecule has 1 N–H and O–H groups in total. The molecule has 0 unspecified atom stereocenters. The smallest absolute Gasteiger partial charge is 0.322 e. The Hall–Kier alpha value is -1.44. The number of hydrogen-bond donors (Lipinski definition) is 1. The summed E-state index contributed by atoms with van der Waals surface area (Å²) < 4.78 is 27.5. The van der Waals surface area contributed by atoms with Crippen LogP contribution < -0.4 is 0 Å². The van der Waals surface area contributed by atoms with Crippen molar-refractivity contribution in [3.63, 3.8) is 0 Å². The molecule has 21 heavy (non-hydrogen) atoms. The Morgan fingerprint density at radius 2 is 2.00 bits per heavy atom. The summed E-state index contributed by atoms with van der Waals surface area (Å²) in [4.78, 5) is 11.3. The van der Waals surface area contributed by atoms with Crippen LogP contribution in [-0.4, -0.2) is 47.7 Å².